The quantitative estimate of drug-likeness (QED) is 0.113. The van der Waals surface area contributed by atoms with Crippen molar-refractivity contribution < 1.29 is 10.2 Å². The van der Waals surface area contributed by atoms with Crippen LogP contribution >= 0.6 is 0 Å². The predicted molar refractivity (Wildman–Crippen MR) is 147 cm³/mol. The highest BCUT2D eigenvalue weighted by molar-refractivity contribution is 4.82. The number of nitrogens with zero attached hydrogens (tertiary/aromatic N) is 1. The third-order valence-electron chi connectivity index (χ3n) is 6.75. The zero-order valence-electron chi connectivity index (χ0n) is 22.6. The van der Waals surface area contributed by atoms with Crippen LogP contribution in [0, 0.1) is 0 Å². The molecule has 0 aliphatic heterocycles. The molecule has 0 rings (SSSR count). The fraction of sp³-hybridized carbons (Fsp3) is 0.933. The van der Waals surface area contributed by atoms with E-state index in [1.807, 2.05) is 0 Å². The van der Waals surface area contributed by atoms with Crippen molar-refractivity contribution in [2.45, 2.75) is 155 Å². The second-order valence-electron chi connectivity index (χ2n) is 10.1. The fourth-order valence-electron chi connectivity index (χ4n) is 4.55. The van der Waals surface area contributed by atoms with E-state index in [9.17, 15) is 0 Å². The van der Waals surface area contributed by atoms with E-state index in [4.69, 9.17) is 10.2 Å². The molecule has 0 heterocycles. The van der Waals surface area contributed by atoms with E-state index in [1.54, 1.807) is 0 Å². The SMILES string of the molecule is CCCCCCCCCCCCCCCCCCCCCCC=CN(CCCO)CCCO. The average Bonchev–Trinajstić information content (AvgIpc) is 2.83. The lowest BCUT2D eigenvalue weighted by Gasteiger charge is -2.19. The smallest absolute Gasteiger partial charge is 0.0447 e. The summed E-state index contributed by atoms with van der Waals surface area (Å²) in [5, 5.41) is 18.0. The van der Waals surface area contributed by atoms with E-state index in [2.05, 4.69) is 24.1 Å². The number of allylic oxidation sites excluding steroid dienone is 1. The Morgan fingerprint density at radius 1 is 0.455 bits per heavy atom. The van der Waals surface area contributed by atoms with Crippen molar-refractivity contribution >= 4 is 0 Å². The molecule has 0 aromatic heterocycles. The first-order chi connectivity index (χ1) is 16.3. The Balaban J connectivity index is 3.26. The Hall–Kier alpha value is -0.540. The van der Waals surface area contributed by atoms with E-state index in [0.717, 1.165) is 32.4 Å². The van der Waals surface area contributed by atoms with Gasteiger partial charge in [-0.25, -0.2) is 0 Å². The van der Waals surface area contributed by atoms with Crippen LogP contribution in [0.2, 0.25) is 0 Å². The van der Waals surface area contributed by atoms with Crippen LogP contribution < -0.4 is 0 Å². The van der Waals surface area contributed by atoms with Crippen LogP contribution in [-0.4, -0.2) is 41.4 Å². The van der Waals surface area contributed by atoms with Crippen molar-refractivity contribution in [3.8, 4) is 0 Å². The van der Waals surface area contributed by atoms with Gasteiger partial charge in [-0.1, -0.05) is 135 Å². The summed E-state index contributed by atoms with van der Waals surface area (Å²) < 4.78 is 0. The lowest BCUT2D eigenvalue weighted by molar-refractivity contribution is 0.236. The standard InChI is InChI=1S/C30H61NO2/c1-2-3-4-5-6-7-8-9-10-11-12-13-14-15-16-17-18-19-20-21-22-23-26-31(27-24-29-32)28-25-30-33/h23,26,32-33H,2-22,24-25,27-30H2,1H3. The molecule has 198 valence electrons. The molecule has 3 heteroatoms. The van der Waals surface area contributed by atoms with E-state index in [0.29, 0.717) is 0 Å². The van der Waals surface area contributed by atoms with E-state index < -0.39 is 0 Å². The van der Waals surface area contributed by atoms with Gasteiger partial charge in [0.15, 0.2) is 0 Å². The van der Waals surface area contributed by atoms with Crippen molar-refractivity contribution in [1.29, 1.82) is 0 Å². The van der Waals surface area contributed by atoms with Gasteiger partial charge in [0.2, 0.25) is 0 Å². The van der Waals surface area contributed by atoms with Crippen LogP contribution in [0.4, 0.5) is 0 Å². The minimum atomic E-state index is 0.239. The van der Waals surface area contributed by atoms with Crippen molar-refractivity contribution in [2.24, 2.45) is 0 Å². The monoisotopic (exact) mass is 467 g/mol. The zero-order chi connectivity index (χ0) is 24.1. The van der Waals surface area contributed by atoms with Gasteiger partial charge in [0.05, 0.1) is 0 Å². The van der Waals surface area contributed by atoms with Crippen molar-refractivity contribution in [2.75, 3.05) is 26.3 Å². The molecule has 2 N–H and O–H groups in total. The van der Waals surface area contributed by atoms with Gasteiger partial charge in [-0.15, -0.1) is 0 Å². The third kappa shape index (κ3) is 27.6. The molecule has 0 saturated carbocycles. The molecular weight excluding hydrogens is 406 g/mol. The molecule has 0 aromatic carbocycles. The maximum atomic E-state index is 8.99. The minimum absolute atomic E-state index is 0.239. The number of aliphatic hydroxyl groups excluding tert-OH is 2. The summed E-state index contributed by atoms with van der Waals surface area (Å²) in [5.41, 5.74) is 0. The van der Waals surface area contributed by atoms with Crippen molar-refractivity contribution in [3.05, 3.63) is 12.3 Å². The van der Waals surface area contributed by atoms with Crippen molar-refractivity contribution in [3.63, 3.8) is 0 Å². The van der Waals surface area contributed by atoms with Crippen molar-refractivity contribution in [1.82, 2.24) is 4.90 Å². The number of rotatable bonds is 28. The van der Waals surface area contributed by atoms with Crippen LogP contribution in [0.1, 0.15) is 155 Å². The molecule has 0 amide bonds. The Kier molecular flexibility index (Phi) is 29.0. The summed E-state index contributed by atoms with van der Waals surface area (Å²) >= 11 is 0. The molecular formula is C30H61NO2. The first-order valence-corrected chi connectivity index (χ1v) is 15.0. The molecule has 3 nitrogen and oxygen atoms in total. The van der Waals surface area contributed by atoms with Crippen LogP contribution in [0.15, 0.2) is 12.3 Å². The van der Waals surface area contributed by atoms with Gasteiger partial charge >= 0.3 is 0 Å². The van der Waals surface area contributed by atoms with E-state index in [1.165, 1.54) is 128 Å². The number of hydrogen-bond donors (Lipinski definition) is 2. The van der Waals surface area contributed by atoms with Crippen LogP contribution in [-0.2, 0) is 0 Å². The first-order valence-electron chi connectivity index (χ1n) is 15.0. The van der Waals surface area contributed by atoms with Gasteiger partial charge in [0, 0.05) is 26.3 Å². The normalized spacial score (nSPS) is 11.6. The number of aliphatic hydroxyl groups is 2. The number of unbranched alkanes of at least 4 members (excludes halogenated alkanes) is 20. The molecule has 0 aliphatic carbocycles. The van der Waals surface area contributed by atoms with Gasteiger partial charge in [0.1, 0.15) is 0 Å². The first kappa shape index (κ1) is 32.5. The Morgan fingerprint density at radius 2 is 0.788 bits per heavy atom. The summed E-state index contributed by atoms with van der Waals surface area (Å²) in [7, 11) is 0. The summed E-state index contributed by atoms with van der Waals surface area (Å²) in [6.45, 7) is 4.54. The molecule has 0 spiro atoms. The fourth-order valence-corrected chi connectivity index (χ4v) is 4.55. The second kappa shape index (κ2) is 29.5. The highest BCUT2D eigenvalue weighted by Crippen LogP contribution is 2.15. The maximum Gasteiger partial charge on any atom is 0.0447 e. The van der Waals surface area contributed by atoms with E-state index >= 15 is 0 Å². The van der Waals surface area contributed by atoms with Gasteiger partial charge < -0.3 is 15.1 Å². The zero-order valence-corrected chi connectivity index (χ0v) is 22.6. The van der Waals surface area contributed by atoms with Crippen LogP contribution in [0.5, 0.6) is 0 Å². The largest absolute Gasteiger partial charge is 0.396 e. The number of hydrogen-bond acceptors (Lipinski definition) is 3. The summed E-state index contributed by atoms with van der Waals surface area (Å²) in [6, 6.07) is 0. The molecule has 33 heavy (non-hydrogen) atoms. The predicted octanol–water partition coefficient (Wildman–Crippen LogP) is 8.78. The maximum absolute atomic E-state index is 8.99. The Morgan fingerprint density at radius 3 is 1.12 bits per heavy atom. The second-order valence-corrected chi connectivity index (χ2v) is 10.1. The lowest BCUT2D eigenvalue weighted by Crippen LogP contribution is -2.21. The van der Waals surface area contributed by atoms with Gasteiger partial charge in [0.25, 0.3) is 0 Å². The summed E-state index contributed by atoms with van der Waals surface area (Å²) in [4.78, 5) is 2.23. The molecule has 0 atom stereocenters. The molecule has 0 aliphatic rings. The van der Waals surface area contributed by atoms with E-state index in [-0.39, 0.29) is 13.2 Å². The van der Waals surface area contributed by atoms with Crippen LogP contribution in [0.3, 0.4) is 0 Å². The van der Waals surface area contributed by atoms with Gasteiger partial charge in [-0.3, -0.25) is 0 Å². The Labute approximate surface area is 208 Å². The topological polar surface area (TPSA) is 43.7 Å². The lowest BCUT2D eigenvalue weighted by atomic mass is 10.0. The van der Waals surface area contributed by atoms with Gasteiger partial charge in [-0.2, -0.15) is 0 Å². The third-order valence-corrected chi connectivity index (χ3v) is 6.75. The highest BCUT2D eigenvalue weighted by atomic mass is 16.3. The molecule has 0 unspecified atom stereocenters. The molecule has 0 saturated heterocycles. The molecule has 0 bridgehead atoms. The van der Waals surface area contributed by atoms with Crippen LogP contribution in [0.25, 0.3) is 0 Å². The molecule has 0 aromatic rings. The Bertz CT molecular complexity index is 364. The highest BCUT2D eigenvalue weighted by Gasteiger charge is 1.98. The summed E-state index contributed by atoms with van der Waals surface area (Å²) in [5.74, 6) is 0. The van der Waals surface area contributed by atoms with Gasteiger partial charge in [-0.05, 0) is 31.9 Å². The summed E-state index contributed by atoms with van der Waals surface area (Å²) in [6.07, 6.45) is 35.8. The minimum Gasteiger partial charge on any atom is -0.396 e. The molecule has 0 fully saturated rings. The molecule has 0 radical (unpaired) electrons. The average molecular weight is 468 g/mol.